The summed E-state index contributed by atoms with van der Waals surface area (Å²) in [6.07, 6.45) is 10.8. The molecule has 4 aromatic rings. The summed E-state index contributed by atoms with van der Waals surface area (Å²) in [5.41, 5.74) is 1.27. The van der Waals surface area contributed by atoms with Gasteiger partial charge in [0, 0.05) is 57.1 Å². The number of carbonyl (C=O) groups excluding carboxylic acids is 4. The first-order valence-corrected chi connectivity index (χ1v) is 22.2. The van der Waals surface area contributed by atoms with Crippen LogP contribution < -0.4 is 25.2 Å². The number of carbonyl (C=O) groups is 4. The number of hydrogen-bond donors (Lipinski definition) is 2. The monoisotopic (exact) mass is 871 g/mol. The van der Waals surface area contributed by atoms with Gasteiger partial charge in [-0.2, -0.15) is 10.2 Å². The van der Waals surface area contributed by atoms with Crippen molar-refractivity contribution in [2.75, 3.05) is 87.8 Å². The molecule has 0 radical (unpaired) electrons. The fraction of sp³-hybridized carbons (Fsp3) is 0.568. The minimum absolute atomic E-state index is 0.00261. The standard InChI is InChI=1S/C44H55F2N11O6/c1-62-35-7-4-30(26-34(35)55-16-10-37(58)50-43(55)61)42(60)54-20-13-44(14-21-54)11-18-52(19-12-44)15-8-29-2-5-31(6-3-29)57-28-33(38(51-57)39(45)46)48-41(59)32-27-47-56-17-9-36(49-40(32)56)53-22-24-63-25-23-53/h4,7,9,17,26-29,31,39H,2-3,5-6,8,10-16,18-25H2,1H3,(H,48,59)(H,50,58,61). The molecule has 0 atom stereocenters. The number of halogens is 2. The van der Waals surface area contributed by atoms with Crippen molar-refractivity contribution in [2.24, 2.45) is 11.3 Å². The topological polar surface area (TPSA) is 172 Å². The Morgan fingerprint density at radius 2 is 1.73 bits per heavy atom. The number of likely N-dealkylation sites (tertiary alicyclic amines) is 2. The van der Waals surface area contributed by atoms with Crippen molar-refractivity contribution >= 4 is 46.6 Å². The average Bonchev–Trinajstić information content (AvgIpc) is 3.94. The molecule has 336 valence electrons. The van der Waals surface area contributed by atoms with Gasteiger partial charge in [0.2, 0.25) is 5.91 Å². The number of alkyl halides is 2. The Hall–Kier alpha value is -5.69. The maximum atomic E-state index is 14.3. The predicted molar refractivity (Wildman–Crippen MR) is 229 cm³/mol. The number of urea groups is 1. The first-order chi connectivity index (χ1) is 30.6. The predicted octanol–water partition coefficient (Wildman–Crippen LogP) is 5.55. The average molecular weight is 872 g/mol. The van der Waals surface area contributed by atoms with Crippen molar-refractivity contribution < 1.29 is 37.4 Å². The molecule has 3 aromatic heterocycles. The number of piperidine rings is 2. The fourth-order valence-electron chi connectivity index (χ4n) is 10.0. The van der Waals surface area contributed by atoms with Crippen LogP contribution in [0.25, 0.3) is 5.65 Å². The molecule has 0 unspecified atom stereocenters. The van der Waals surface area contributed by atoms with Crippen LogP contribution in [0.4, 0.5) is 30.8 Å². The summed E-state index contributed by atoms with van der Waals surface area (Å²) >= 11 is 0. The van der Waals surface area contributed by atoms with Crippen LogP contribution in [0.2, 0.25) is 0 Å². The number of ether oxygens (including phenoxy) is 2. The number of fused-ring (bicyclic) bond motifs is 1. The van der Waals surface area contributed by atoms with E-state index in [0.29, 0.717) is 73.8 Å². The molecule has 5 fully saturated rings. The molecule has 1 aromatic carbocycles. The van der Waals surface area contributed by atoms with Gasteiger partial charge in [0.1, 0.15) is 17.1 Å². The number of morpholine rings is 1. The fourth-order valence-corrected chi connectivity index (χ4v) is 10.0. The molecule has 1 aliphatic carbocycles. The smallest absolute Gasteiger partial charge is 0.328 e. The lowest BCUT2D eigenvalue weighted by Crippen LogP contribution is -2.50. The molecule has 17 nitrogen and oxygen atoms in total. The highest BCUT2D eigenvalue weighted by molar-refractivity contribution is 6.08. The summed E-state index contributed by atoms with van der Waals surface area (Å²) in [5.74, 6) is 0.740. The van der Waals surface area contributed by atoms with Gasteiger partial charge in [-0.3, -0.25) is 29.3 Å². The first kappa shape index (κ1) is 42.6. The largest absolute Gasteiger partial charge is 0.495 e. The quantitative estimate of drug-likeness (QED) is 0.194. The number of nitrogens with zero attached hydrogens (tertiary/aromatic N) is 9. The number of methoxy groups -OCH3 is 1. The molecule has 1 spiro atoms. The van der Waals surface area contributed by atoms with E-state index in [0.717, 1.165) is 77.4 Å². The summed E-state index contributed by atoms with van der Waals surface area (Å²) in [5, 5.41) is 13.6. The van der Waals surface area contributed by atoms with Crippen LogP contribution in [0, 0.1) is 11.3 Å². The second kappa shape index (κ2) is 18.2. The van der Waals surface area contributed by atoms with Crippen molar-refractivity contribution in [2.45, 2.75) is 76.7 Å². The zero-order valence-corrected chi connectivity index (χ0v) is 35.6. The molecule has 5 amide bonds. The van der Waals surface area contributed by atoms with Crippen molar-refractivity contribution in [3.05, 3.63) is 59.7 Å². The molecule has 63 heavy (non-hydrogen) atoms. The first-order valence-electron chi connectivity index (χ1n) is 22.2. The molecule has 4 aliphatic heterocycles. The van der Waals surface area contributed by atoms with Crippen LogP contribution in [-0.4, -0.2) is 131 Å². The summed E-state index contributed by atoms with van der Waals surface area (Å²) < 4.78 is 42.6. The normalized spacial score (nSPS) is 22.2. The number of anilines is 3. The van der Waals surface area contributed by atoms with Gasteiger partial charge in [0.15, 0.2) is 11.3 Å². The van der Waals surface area contributed by atoms with E-state index in [2.05, 4.69) is 35.6 Å². The molecule has 2 N–H and O–H groups in total. The molecule has 7 heterocycles. The van der Waals surface area contributed by atoms with Gasteiger partial charge in [0.25, 0.3) is 18.2 Å². The number of amides is 5. The van der Waals surface area contributed by atoms with Crippen molar-refractivity contribution in [3.63, 3.8) is 0 Å². The number of aromatic nitrogens is 5. The summed E-state index contributed by atoms with van der Waals surface area (Å²) in [6, 6.07) is 6.40. The third-order valence-electron chi connectivity index (χ3n) is 14.0. The van der Waals surface area contributed by atoms with Crippen LogP contribution in [0.1, 0.15) is 103 Å². The van der Waals surface area contributed by atoms with Gasteiger partial charge in [-0.1, -0.05) is 0 Å². The molecule has 4 saturated heterocycles. The number of imide groups is 1. The summed E-state index contributed by atoms with van der Waals surface area (Å²) in [6.45, 7) is 7.20. The second-order valence-electron chi connectivity index (χ2n) is 17.6. The molecule has 19 heteroatoms. The van der Waals surface area contributed by atoms with E-state index in [1.54, 1.807) is 35.3 Å². The number of rotatable bonds is 11. The van der Waals surface area contributed by atoms with Crippen molar-refractivity contribution in [1.82, 2.24) is 39.5 Å². The van der Waals surface area contributed by atoms with Crippen LogP contribution in [0.15, 0.2) is 42.9 Å². The Morgan fingerprint density at radius 3 is 2.44 bits per heavy atom. The Labute approximate surface area is 364 Å². The summed E-state index contributed by atoms with van der Waals surface area (Å²) in [7, 11) is 1.51. The van der Waals surface area contributed by atoms with Crippen LogP contribution >= 0.6 is 0 Å². The van der Waals surface area contributed by atoms with Crippen LogP contribution in [0.3, 0.4) is 0 Å². The third-order valence-corrected chi connectivity index (χ3v) is 14.0. The minimum Gasteiger partial charge on any atom is -0.495 e. The van der Waals surface area contributed by atoms with Crippen molar-refractivity contribution in [3.8, 4) is 5.75 Å². The zero-order chi connectivity index (χ0) is 43.7. The maximum absolute atomic E-state index is 14.3. The number of nitrogens with one attached hydrogen (secondary N) is 2. The lowest BCUT2D eigenvalue weighted by atomic mass is 9.71. The minimum atomic E-state index is -2.86. The third kappa shape index (κ3) is 9.07. The molecule has 5 aliphatic rings. The van der Waals surface area contributed by atoms with Crippen LogP contribution in [0.5, 0.6) is 5.75 Å². The summed E-state index contributed by atoms with van der Waals surface area (Å²) in [4.78, 5) is 64.1. The molecule has 0 bridgehead atoms. The lowest BCUT2D eigenvalue weighted by molar-refractivity contribution is -0.120. The Balaban J connectivity index is 0.732. The second-order valence-corrected chi connectivity index (χ2v) is 17.6. The van der Waals surface area contributed by atoms with Gasteiger partial charge in [0.05, 0.1) is 43.9 Å². The van der Waals surface area contributed by atoms with Gasteiger partial charge in [-0.25, -0.2) is 23.1 Å². The van der Waals surface area contributed by atoms with Crippen LogP contribution in [-0.2, 0) is 9.53 Å². The van der Waals surface area contributed by atoms with E-state index in [4.69, 9.17) is 9.47 Å². The molecular formula is C44H55F2N11O6. The molecule has 9 rings (SSSR count). The van der Waals surface area contributed by atoms with E-state index >= 15 is 0 Å². The number of benzene rings is 1. The highest BCUT2D eigenvalue weighted by Gasteiger charge is 2.39. The zero-order valence-electron chi connectivity index (χ0n) is 35.6. The van der Waals surface area contributed by atoms with E-state index in [1.165, 1.54) is 22.7 Å². The Morgan fingerprint density at radius 1 is 0.984 bits per heavy atom. The Bertz CT molecular complexity index is 2320. The SMILES string of the molecule is COc1ccc(C(=O)N2CCC3(CCN(CCC4CCC(n5cc(NC(=O)c6cnn7ccc(N8CCOCC8)nc67)c(C(F)F)n5)CC4)CC3)CC2)cc1N1CCC(=O)NC1=O. The molecule has 1 saturated carbocycles. The van der Waals surface area contributed by atoms with E-state index in [-0.39, 0.29) is 47.5 Å². The lowest BCUT2D eigenvalue weighted by Gasteiger charge is -2.47. The van der Waals surface area contributed by atoms with E-state index in [1.807, 2.05) is 11.0 Å². The van der Waals surface area contributed by atoms with Gasteiger partial charge in [-0.05, 0) is 113 Å². The van der Waals surface area contributed by atoms with Gasteiger partial charge < -0.3 is 29.5 Å². The molecular weight excluding hydrogens is 817 g/mol. The maximum Gasteiger partial charge on any atom is 0.328 e. The number of hydrogen-bond acceptors (Lipinski definition) is 11. The van der Waals surface area contributed by atoms with Gasteiger partial charge >= 0.3 is 6.03 Å². The van der Waals surface area contributed by atoms with E-state index < -0.39 is 24.1 Å². The van der Waals surface area contributed by atoms with Gasteiger partial charge in [-0.15, -0.1) is 0 Å². The van der Waals surface area contributed by atoms with E-state index in [9.17, 15) is 28.0 Å². The highest BCUT2D eigenvalue weighted by atomic mass is 19.3. The van der Waals surface area contributed by atoms with Crippen molar-refractivity contribution in [1.29, 1.82) is 0 Å². The highest BCUT2D eigenvalue weighted by Crippen LogP contribution is 2.43. The Kier molecular flexibility index (Phi) is 12.3.